The van der Waals surface area contributed by atoms with Gasteiger partial charge >= 0.3 is 0 Å². The average Bonchev–Trinajstić information content (AvgIpc) is 3.18. The van der Waals surface area contributed by atoms with Gasteiger partial charge in [-0.25, -0.2) is 0 Å². The lowest BCUT2D eigenvalue weighted by molar-refractivity contribution is -0.132. The molecular weight excluding hydrogens is 320 g/mol. The number of amides is 1. The van der Waals surface area contributed by atoms with Gasteiger partial charge in [-0.3, -0.25) is 4.79 Å². The number of likely N-dealkylation sites (tertiary alicyclic amines) is 1. The van der Waals surface area contributed by atoms with Gasteiger partial charge in [-0.2, -0.15) is 0 Å². The highest BCUT2D eigenvalue weighted by Gasteiger charge is 2.34. The molecule has 2 heterocycles. The molecule has 1 saturated carbocycles. The zero-order chi connectivity index (χ0) is 17.2. The standard InChI is InChI=1S/C18H22N4O3/c1-24-15-4-6-16(7-5-15)25-11-17(23)21-9-8-14(10-21)22-12-19-20-18(22)13-2-3-13/h4-7,12-14H,2-3,8-11H2,1H3. The number of hydrogen-bond acceptors (Lipinski definition) is 5. The van der Waals surface area contributed by atoms with Crippen LogP contribution in [0.4, 0.5) is 0 Å². The summed E-state index contributed by atoms with van der Waals surface area (Å²) >= 11 is 0. The van der Waals surface area contributed by atoms with Crippen molar-refractivity contribution in [2.75, 3.05) is 26.8 Å². The van der Waals surface area contributed by atoms with E-state index in [1.807, 2.05) is 17.0 Å². The van der Waals surface area contributed by atoms with Crippen LogP contribution < -0.4 is 9.47 Å². The second-order valence-corrected chi connectivity index (χ2v) is 6.62. The Morgan fingerprint density at radius 1 is 1.20 bits per heavy atom. The van der Waals surface area contributed by atoms with Crippen LogP contribution in [0.1, 0.15) is 37.0 Å². The molecule has 1 saturated heterocycles. The fourth-order valence-corrected chi connectivity index (χ4v) is 3.27. The second kappa shape index (κ2) is 6.74. The summed E-state index contributed by atoms with van der Waals surface area (Å²) in [6, 6.07) is 7.51. The van der Waals surface area contributed by atoms with E-state index in [0.29, 0.717) is 18.2 Å². The lowest BCUT2D eigenvalue weighted by Crippen LogP contribution is -2.33. The van der Waals surface area contributed by atoms with E-state index in [4.69, 9.17) is 9.47 Å². The van der Waals surface area contributed by atoms with Crippen molar-refractivity contribution in [1.82, 2.24) is 19.7 Å². The van der Waals surface area contributed by atoms with Gasteiger partial charge in [0.15, 0.2) is 6.61 Å². The first-order chi connectivity index (χ1) is 12.2. The zero-order valence-electron chi connectivity index (χ0n) is 14.3. The third-order valence-electron chi connectivity index (χ3n) is 4.87. The van der Waals surface area contributed by atoms with Crippen LogP contribution >= 0.6 is 0 Å². The van der Waals surface area contributed by atoms with Crippen LogP contribution in [-0.4, -0.2) is 52.4 Å². The van der Waals surface area contributed by atoms with Crippen LogP contribution in [0.3, 0.4) is 0 Å². The minimum atomic E-state index is 0.0133. The summed E-state index contributed by atoms with van der Waals surface area (Å²) in [4.78, 5) is 14.3. The minimum Gasteiger partial charge on any atom is -0.497 e. The predicted octanol–water partition coefficient (Wildman–Crippen LogP) is 2.02. The summed E-state index contributed by atoms with van der Waals surface area (Å²) in [5, 5.41) is 8.32. The van der Waals surface area contributed by atoms with Crippen molar-refractivity contribution >= 4 is 5.91 Å². The van der Waals surface area contributed by atoms with Crippen LogP contribution in [0.15, 0.2) is 30.6 Å². The van der Waals surface area contributed by atoms with Crippen molar-refractivity contribution in [3.63, 3.8) is 0 Å². The molecule has 1 amide bonds. The molecule has 0 bridgehead atoms. The Labute approximate surface area is 146 Å². The Kier molecular flexibility index (Phi) is 4.29. The molecule has 25 heavy (non-hydrogen) atoms. The molecule has 0 N–H and O–H groups in total. The van der Waals surface area contributed by atoms with Gasteiger partial charge in [-0.05, 0) is 43.5 Å². The van der Waals surface area contributed by atoms with Crippen molar-refractivity contribution in [3.8, 4) is 11.5 Å². The normalized spacial score (nSPS) is 19.9. The molecular formula is C18H22N4O3. The molecule has 1 unspecified atom stereocenters. The van der Waals surface area contributed by atoms with E-state index in [2.05, 4.69) is 14.8 Å². The minimum absolute atomic E-state index is 0.0133. The molecule has 1 aliphatic heterocycles. The molecule has 0 spiro atoms. The van der Waals surface area contributed by atoms with Crippen molar-refractivity contribution in [2.45, 2.75) is 31.2 Å². The number of hydrogen-bond donors (Lipinski definition) is 0. The van der Waals surface area contributed by atoms with Gasteiger partial charge in [0.1, 0.15) is 23.7 Å². The van der Waals surface area contributed by atoms with Gasteiger partial charge < -0.3 is 18.9 Å². The first-order valence-electron chi connectivity index (χ1n) is 8.68. The molecule has 1 aromatic carbocycles. The third-order valence-corrected chi connectivity index (χ3v) is 4.87. The van der Waals surface area contributed by atoms with Crippen molar-refractivity contribution in [2.24, 2.45) is 0 Å². The number of carbonyl (C=O) groups excluding carboxylic acids is 1. The SMILES string of the molecule is COc1ccc(OCC(=O)N2CCC(n3cnnc3C3CC3)C2)cc1. The topological polar surface area (TPSA) is 69.5 Å². The molecule has 2 fully saturated rings. The highest BCUT2D eigenvalue weighted by Crippen LogP contribution is 2.40. The maximum absolute atomic E-state index is 12.4. The summed E-state index contributed by atoms with van der Waals surface area (Å²) in [5.41, 5.74) is 0. The zero-order valence-corrected chi connectivity index (χ0v) is 14.3. The first kappa shape index (κ1) is 15.9. The van der Waals surface area contributed by atoms with Gasteiger partial charge in [-0.15, -0.1) is 10.2 Å². The molecule has 1 aliphatic carbocycles. The maximum atomic E-state index is 12.4. The van der Waals surface area contributed by atoms with Crippen molar-refractivity contribution < 1.29 is 14.3 Å². The molecule has 0 radical (unpaired) electrons. The van der Waals surface area contributed by atoms with Crippen LogP contribution in [0.5, 0.6) is 11.5 Å². The number of rotatable bonds is 6. The first-order valence-corrected chi connectivity index (χ1v) is 8.68. The van der Waals surface area contributed by atoms with Gasteiger partial charge in [-0.1, -0.05) is 0 Å². The summed E-state index contributed by atoms with van der Waals surface area (Å²) in [7, 11) is 1.62. The molecule has 2 aliphatic rings. The number of ether oxygens (including phenoxy) is 2. The summed E-state index contributed by atoms with van der Waals surface area (Å²) in [6.07, 6.45) is 5.14. The average molecular weight is 342 g/mol. The quantitative estimate of drug-likeness (QED) is 0.803. The van der Waals surface area contributed by atoms with E-state index in [1.54, 1.807) is 25.6 Å². The van der Waals surface area contributed by atoms with Crippen molar-refractivity contribution in [1.29, 1.82) is 0 Å². The Morgan fingerprint density at radius 3 is 2.68 bits per heavy atom. The molecule has 4 rings (SSSR count). The van der Waals surface area contributed by atoms with Crippen LogP contribution in [-0.2, 0) is 4.79 Å². The molecule has 7 nitrogen and oxygen atoms in total. The molecule has 2 aromatic rings. The number of aromatic nitrogens is 3. The second-order valence-electron chi connectivity index (χ2n) is 6.62. The van der Waals surface area contributed by atoms with Gasteiger partial charge in [0.05, 0.1) is 13.2 Å². The van der Waals surface area contributed by atoms with Crippen molar-refractivity contribution in [3.05, 3.63) is 36.4 Å². The lowest BCUT2D eigenvalue weighted by Gasteiger charge is -2.18. The highest BCUT2D eigenvalue weighted by atomic mass is 16.5. The number of nitrogens with zero attached hydrogens (tertiary/aromatic N) is 4. The summed E-state index contributed by atoms with van der Waals surface area (Å²) in [6.45, 7) is 1.50. The fraction of sp³-hybridized carbons (Fsp3) is 0.500. The number of methoxy groups -OCH3 is 1. The monoisotopic (exact) mass is 342 g/mol. The number of carbonyl (C=O) groups is 1. The molecule has 7 heteroatoms. The molecule has 1 aromatic heterocycles. The molecule has 132 valence electrons. The smallest absolute Gasteiger partial charge is 0.260 e. The van der Waals surface area contributed by atoms with E-state index in [-0.39, 0.29) is 18.6 Å². The van der Waals surface area contributed by atoms with E-state index < -0.39 is 0 Å². The third kappa shape index (κ3) is 3.45. The van der Waals surface area contributed by atoms with E-state index >= 15 is 0 Å². The molecule has 1 atom stereocenters. The lowest BCUT2D eigenvalue weighted by atomic mass is 10.2. The Hall–Kier alpha value is -2.57. The van der Waals surface area contributed by atoms with E-state index in [0.717, 1.165) is 24.5 Å². The van der Waals surface area contributed by atoms with Gasteiger partial charge in [0, 0.05) is 19.0 Å². The summed E-state index contributed by atoms with van der Waals surface area (Å²) in [5.74, 6) is 3.08. The fourth-order valence-electron chi connectivity index (χ4n) is 3.27. The Balaban J connectivity index is 1.31. The van der Waals surface area contributed by atoms with Crippen LogP contribution in [0.2, 0.25) is 0 Å². The summed E-state index contributed by atoms with van der Waals surface area (Å²) < 4.78 is 12.9. The number of benzene rings is 1. The Morgan fingerprint density at radius 2 is 1.96 bits per heavy atom. The highest BCUT2D eigenvalue weighted by molar-refractivity contribution is 5.78. The van der Waals surface area contributed by atoms with E-state index in [1.165, 1.54) is 12.8 Å². The Bertz CT molecular complexity index is 739. The van der Waals surface area contributed by atoms with Crippen LogP contribution in [0, 0.1) is 0 Å². The van der Waals surface area contributed by atoms with E-state index in [9.17, 15) is 4.79 Å². The largest absolute Gasteiger partial charge is 0.497 e. The predicted molar refractivity (Wildman–Crippen MR) is 90.7 cm³/mol. The van der Waals surface area contributed by atoms with Gasteiger partial charge in [0.25, 0.3) is 5.91 Å². The van der Waals surface area contributed by atoms with Gasteiger partial charge in [0.2, 0.25) is 0 Å². The van der Waals surface area contributed by atoms with Crippen LogP contribution in [0.25, 0.3) is 0 Å². The maximum Gasteiger partial charge on any atom is 0.260 e.